The van der Waals surface area contributed by atoms with Gasteiger partial charge in [-0.3, -0.25) is 14.9 Å². The minimum atomic E-state index is -1.04. The smallest absolute Gasteiger partial charge is 0.351 e. The Hall–Kier alpha value is -3.33. The summed E-state index contributed by atoms with van der Waals surface area (Å²) in [6.07, 6.45) is 0. The van der Waals surface area contributed by atoms with Crippen molar-refractivity contribution in [1.82, 2.24) is 0 Å². The number of nitrogens with zero attached hydrogens (tertiary/aromatic N) is 1. The Labute approximate surface area is 143 Å². The van der Waals surface area contributed by atoms with Crippen molar-refractivity contribution in [2.75, 3.05) is 6.61 Å². The third-order valence-corrected chi connectivity index (χ3v) is 4.19. The van der Waals surface area contributed by atoms with Gasteiger partial charge in [0.1, 0.15) is 11.1 Å². The molecule has 0 N–H and O–H groups in total. The highest BCUT2D eigenvalue weighted by Crippen LogP contribution is 2.20. The van der Waals surface area contributed by atoms with E-state index in [0.29, 0.717) is 4.88 Å². The van der Waals surface area contributed by atoms with Gasteiger partial charge in [-0.05, 0) is 23.6 Å². The molecule has 1 aromatic carbocycles. The molecule has 0 saturated heterocycles. The molecule has 3 aromatic rings. The molecule has 0 amide bonds. The summed E-state index contributed by atoms with van der Waals surface area (Å²) in [6.45, 7) is -0.522. The van der Waals surface area contributed by atoms with Gasteiger partial charge in [-0.25, -0.2) is 9.59 Å². The van der Waals surface area contributed by atoms with E-state index in [2.05, 4.69) is 0 Å². The van der Waals surface area contributed by atoms with Crippen LogP contribution in [0, 0.1) is 10.1 Å². The van der Waals surface area contributed by atoms with Crippen molar-refractivity contribution in [2.24, 2.45) is 0 Å². The van der Waals surface area contributed by atoms with E-state index in [-0.39, 0.29) is 16.7 Å². The van der Waals surface area contributed by atoms with Crippen LogP contribution in [0.5, 0.6) is 0 Å². The average molecular weight is 359 g/mol. The van der Waals surface area contributed by atoms with Crippen molar-refractivity contribution in [3.05, 3.63) is 72.8 Å². The van der Waals surface area contributed by atoms with Gasteiger partial charge in [-0.2, -0.15) is 0 Å². The summed E-state index contributed by atoms with van der Waals surface area (Å²) in [5.74, 6) is -1.43. The predicted octanol–water partition coefficient (Wildman–Crippen LogP) is 2.80. The van der Waals surface area contributed by atoms with E-state index in [1.54, 1.807) is 17.5 Å². The molecule has 2 aromatic heterocycles. The standard InChI is InChI=1S/C16H9NO7S/c18-12(14-2-1-5-25-14)8-23-15(19)11-7-9-6-10(17(21)22)3-4-13(9)24-16(11)20/h1-7H,8H2. The Balaban J connectivity index is 1.85. The maximum absolute atomic E-state index is 12.0. The van der Waals surface area contributed by atoms with Crippen molar-refractivity contribution in [1.29, 1.82) is 0 Å². The quantitative estimate of drug-likeness (QED) is 0.226. The second kappa shape index (κ2) is 6.65. The van der Waals surface area contributed by atoms with Gasteiger partial charge in [-0.15, -0.1) is 11.3 Å². The molecule has 0 atom stereocenters. The van der Waals surface area contributed by atoms with E-state index >= 15 is 0 Å². The normalized spacial score (nSPS) is 10.6. The molecule has 9 heteroatoms. The lowest BCUT2D eigenvalue weighted by atomic mass is 10.1. The maximum atomic E-state index is 12.0. The number of non-ortho nitro benzene ring substituents is 1. The SMILES string of the molecule is O=C(COC(=O)c1cc2cc([N+](=O)[O-])ccc2oc1=O)c1cccs1. The lowest BCUT2D eigenvalue weighted by Gasteiger charge is -2.03. The van der Waals surface area contributed by atoms with Crippen LogP contribution in [-0.4, -0.2) is 23.3 Å². The zero-order valence-corrected chi connectivity index (χ0v) is 13.3. The maximum Gasteiger partial charge on any atom is 0.351 e. The predicted molar refractivity (Wildman–Crippen MR) is 88.1 cm³/mol. The van der Waals surface area contributed by atoms with Gasteiger partial charge in [0.15, 0.2) is 6.61 Å². The van der Waals surface area contributed by atoms with E-state index in [1.807, 2.05) is 0 Å². The number of benzene rings is 1. The lowest BCUT2D eigenvalue weighted by molar-refractivity contribution is -0.384. The lowest BCUT2D eigenvalue weighted by Crippen LogP contribution is -2.19. The van der Waals surface area contributed by atoms with E-state index in [0.717, 1.165) is 6.07 Å². The van der Waals surface area contributed by atoms with Crippen LogP contribution in [0.1, 0.15) is 20.0 Å². The number of rotatable bonds is 5. The fourth-order valence-corrected chi connectivity index (χ4v) is 2.74. The van der Waals surface area contributed by atoms with E-state index in [9.17, 15) is 24.5 Å². The monoisotopic (exact) mass is 359 g/mol. The number of ketones is 1. The first-order chi connectivity index (χ1) is 12.0. The van der Waals surface area contributed by atoms with Crippen LogP contribution in [0.2, 0.25) is 0 Å². The summed E-state index contributed by atoms with van der Waals surface area (Å²) in [4.78, 5) is 46.4. The van der Waals surface area contributed by atoms with Gasteiger partial charge < -0.3 is 9.15 Å². The number of ether oxygens (including phenoxy) is 1. The summed E-state index contributed by atoms with van der Waals surface area (Å²) < 4.78 is 9.81. The first-order valence-electron chi connectivity index (χ1n) is 6.92. The third kappa shape index (κ3) is 3.45. The minimum absolute atomic E-state index is 0.0989. The molecule has 0 bridgehead atoms. The Bertz CT molecular complexity index is 1040. The van der Waals surface area contributed by atoms with Gasteiger partial charge >= 0.3 is 11.6 Å². The number of carbonyl (C=O) groups excluding carboxylic acids is 2. The molecule has 8 nitrogen and oxygen atoms in total. The highest BCUT2D eigenvalue weighted by atomic mass is 32.1. The van der Waals surface area contributed by atoms with Gasteiger partial charge in [0, 0.05) is 17.5 Å². The van der Waals surface area contributed by atoms with Crippen LogP contribution in [0.4, 0.5) is 5.69 Å². The molecule has 25 heavy (non-hydrogen) atoms. The van der Waals surface area contributed by atoms with Crippen LogP contribution in [0.3, 0.4) is 0 Å². The third-order valence-electron chi connectivity index (χ3n) is 3.28. The van der Waals surface area contributed by atoms with Gasteiger partial charge in [0.2, 0.25) is 5.78 Å². The number of hydrogen-bond donors (Lipinski definition) is 0. The van der Waals surface area contributed by atoms with Crippen molar-refractivity contribution >= 4 is 39.7 Å². The number of Topliss-reactive ketones (excluding diaryl/α,β-unsaturated/α-hetero) is 1. The van der Waals surface area contributed by atoms with Gasteiger partial charge in [0.05, 0.1) is 9.80 Å². The van der Waals surface area contributed by atoms with Gasteiger partial charge in [-0.1, -0.05) is 6.07 Å². The number of thiophene rings is 1. The topological polar surface area (TPSA) is 117 Å². The van der Waals surface area contributed by atoms with Crippen LogP contribution >= 0.6 is 11.3 Å². The number of nitro groups is 1. The second-order valence-electron chi connectivity index (χ2n) is 4.90. The molecule has 0 unspecified atom stereocenters. The number of hydrogen-bond acceptors (Lipinski definition) is 8. The Kier molecular flexibility index (Phi) is 4.40. The van der Waals surface area contributed by atoms with E-state index in [4.69, 9.17) is 9.15 Å². The highest BCUT2D eigenvalue weighted by Gasteiger charge is 2.18. The number of fused-ring (bicyclic) bond motifs is 1. The van der Waals surface area contributed by atoms with Crippen LogP contribution in [0.25, 0.3) is 11.0 Å². The van der Waals surface area contributed by atoms with Gasteiger partial charge in [0.25, 0.3) is 5.69 Å². The minimum Gasteiger partial charge on any atom is -0.453 e. The number of esters is 1. The Morgan fingerprint density at radius 3 is 2.72 bits per heavy atom. The van der Waals surface area contributed by atoms with E-state index in [1.165, 1.54) is 29.5 Å². The summed E-state index contributed by atoms with van der Waals surface area (Å²) in [5, 5.41) is 12.7. The zero-order valence-electron chi connectivity index (χ0n) is 12.5. The Morgan fingerprint density at radius 1 is 1.24 bits per heavy atom. The molecule has 0 fully saturated rings. The number of nitro benzene ring substituents is 1. The fourth-order valence-electron chi connectivity index (χ4n) is 2.08. The second-order valence-corrected chi connectivity index (χ2v) is 5.85. The first-order valence-corrected chi connectivity index (χ1v) is 7.80. The first kappa shape index (κ1) is 16.5. The van der Waals surface area contributed by atoms with Crippen LogP contribution in [-0.2, 0) is 4.74 Å². The van der Waals surface area contributed by atoms with Crippen LogP contribution < -0.4 is 5.63 Å². The molecule has 0 aliphatic carbocycles. The summed E-state index contributed by atoms with van der Waals surface area (Å²) in [7, 11) is 0. The molecule has 0 aliphatic heterocycles. The van der Waals surface area contributed by atoms with Crippen molar-refractivity contribution in [3.63, 3.8) is 0 Å². The summed E-state index contributed by atoms with van der Waals surface area (Å²) in [6, 6.07) is 8.04. The molecule has 3 rings (SSSR count). The zero-order chi connectivity index (χ0) is 18.0. The molecule has 0 spiro atoms. The molecule has 126 valence electrons. The molecule has 0 radical (unpaired) electrons. The van der Waals surface area contributed by atoms with Crippen molar-refractivity contribution in [2.45, 2.75) is 0 Å². The highest BCUT2D eigenvalue weighted by molar-refractivity contribution is 7.12. The summed E-state index contributed by atoms with van der Waals surface area (Å²) >= 11 is 1.20. The fraction of sp³-hybridized carbons (Fsp3) is 0.0625. The van der Waals surface area contributed by atoms with Crippen molar-refractivity contribution in [3.8, 4) is 0 Å². The number of carbonyl (C=O) groups is 2. The summed E-state index contributed by atoms with van der Waals surface area (Å²) in [5.41, 5.74) is -1.50. The van der Waals surface area contributed by atoms with Crippen LogP contribution in [0.15, 0.2) is 51.0 Å². The molecule has 0 saturated carbocycles. The largest absolute Gasteiger partial charge is 0.453 e. The molecule has 2 heterocycles. The molecular weight excluding hydrogens is 350 g/mol. The molecule has 0 aliphatic rings. The van der Waals surface area contributed by atoms with Crippen molar-refractivity contribution < 1.29 is 23.7 Å². The Morgan fingerprint density at radius 2 is 2.04 bits per heavy atom. The van der Waals surface area contributed by atoms with E-state index < -0.39 is 34.5 Å². The average Bonchev–Trinajstić information content (AvgIpc) is 3.13. The molecular formula is C16H9NO7S.